The van der Waals surface area contributed by atoms with Gasteiger partial charge in [-0.05, 0) is 38.1 Å². The molecule has 0 saturated carbocycles. The summed E-state index contributed by atoms with van der Waals surface area (Å²) in [7, 11) is 0. The molecular formula is C17H14Cl3N3O2. The number of nitrogens with zero attached hydrogens (tertiary/aromatic N) is 2. The van der Waals surface area contributed by atoms with Gasteiger partial charge < -0.3 is 9.73 Å². The van der Waals surface area contributed by atoms with Crippen molar-refractivity contribution < 1.29 is 9.21 Å². The van der Waals surface area contributed by atoms with Crippen LogP contribution in [-0.2, 0) is 6.54 Å². The molecule has 0 atom stereocenters. The van der Waals surface area contributed by atoms with E-state index in [0.717, 1.165) is 11.4 Å². The average Bonchev–Trinajstić information content (AvgIpc) is 3.13. The van der Waals surface area contributed by atoms with Crippen LogP contribution in [0.3, 0.4) is 0 Å². The molecule has 0 aliphatic carbocycles. The van der Waals surface area contributed by atoms with Gasteiger partial charge in [-0.1, -0.05) is 40.9 Å². The molecule has 130 valence electrons. The van der Waals surface area contributed by atoms with Gasteiger partial charge in [-0.15, -0.1) is 0 Å². The zero-order valence-electron chi connectivity index (χ0n) is 13.4. The molecule has 0 radical (unpaired) electrons. The summed E-state index contributed by atoms with van der Waals surface area (Å²) in [5.74, 6) is 0.295. The summed E-state index contributed by atoms with van der Waals surface area (Å²) in [6, 6.07) is 8.29. The molecule has 0 aliphatic heterocycles. The maximum Gasteiger partial charge on any atom is 0.291 e. The van der Waals surface area contributed by atoms with Crippen molar-refractivity contribution >= 4 is 46.4 Å². The van der Waals surface area contributed by atoms with Crippen molar-refractivity contribution in [3.8, 4) is 0 Å². The van der Waals surface area contributed by atoms with Gasteiger partial charge >= 0.3 is 0 Å². The smallest absolute Gasteiger partial charge is 0.291 e. The highest BCUT2D eigenvalue weighted by Crippen LogP contribution is 2.30. The van der Waals surface area contributed by atoms with Crippen LogP contribution in [0.1, 0.15) is 27.7 Å². The van der Waals surface area contributed by atoms with Crippen molar-refractivity contribution in [1.82, 2.24) is 9.78 Å². The molecule has 0 saturated heterocycles. The summed E-state index contributed by atoms with van der Waals surface area (Å²) in [4.78, 5) is 12.3. The van der Waals surface area contributed by atoms with Crippen LogP contribution in [0.2, 0.25) is 15.1 Å². The van der Waals surface area contributed by atoms with Gasteiger partial charge in [0, 0.05) is 0 Å². The van der Waals surface area contributed by atoms with Crippen LogP contribution >= 0.6 is 34.8 Å². The fraction of sp³-hybridized carbons (Fsp3) is 0.176. The molecular weight excluding hydrogens is 385 g/mol. The minimum absolute atomic E-state index is 0.151. The van der Waals surface area contributed by atoms with Crippen molar-refractivity contribution in [2.24, 2.45) is 0 Å². The lowest BCUT2D eigenvalue weighted by Crippen LogP contribution is -2.11. The summed E-state index contributed by atoms with van der Waals surface area (Å²) in [6.45, 7) is 4.08. The standard InChI is InChI=1S/C17H14Cl3N3O2/c1-9-15(20)10(2)23(22-9)8-11-6-7-14(25-11)17(24)21-16-12(18)4-3-5-13(16)19/h3-7H,8H2,1-2H3,(H,21,24). The molecule has 0 fully saturated rings. The van der Waals surface area contributed by atoms with Crippen LogP contribution in [0.4, 0.5) is 5.69 Å². The van der Waals surface area contributed by atoms with E-state index in [2.05, 4.69) is 10.4 Å². The van der Waals surface area contributed by atoms with Gasteiger partial charge in [0.25, 0.3) is 5.91 Å². The maximum atomic E-state index is 12.3. The Morgan fingerprint density at radius 1 is 1.16 bits per heavy atom. The minimum Gasteiger partial charge on any atom is -0.454 e. The van der Waals surface area contributed by atoms with E-state index in [0.29, 0.717) is 33.1 Å². The van der Waals surface area contributed by atoms with Gasteiger partial charge in [-0.2, -0.15) is 5.10 Å². The van der Waals surface area contributed by atoms with Crippen molar-refractivity contribution in [2.75, 3.05) is 5.32 Å². The molecule has 3 rings (SSSR count). The third-order valence-corrected chi connectivity index (χ3v) is 4.86. The Labute approximate surface area is 159 Å². The fourth-order valence-electron chi connectivity index (χ4n) is 2.35. The van der Waals surface area contributed by atoms with Crippen LogP contribution in [0.15, 0.2) is 34.7 Å². The lowest BCUT2D eigenvalue weighted by atomic mass is 10.3. The molecule has 5 nitrogen and oxygen atoms in total. The third kappa shape index (κ3) is 3.68. The maximum absolute atomic E-state index is 12.3. The zero-order valence-corrected chi connectivity index (χ0v) is 15.7. The van der Waals surface area contributed by atoms with E-state index < -0.39 is 5.91 Å². The van der Waals surface area contributed by atoms with Crippen molar-refractivity contribution in [3.05, 3.63) is 68.3 Å². The van der Waals surface area contributed by atoms with Gasteiger partial charge in [0.1, 0.15) is 5.76 Å². The third-order valence-electron chi connectivity index (χ3n) is 3.69. The van der Waals surface area contributed by atoms with Crippen LogP contribution in [0.5, 0.6) is 0 Å². The highest BCUT2D eigenvalue weighted by molar-refractivity contribution is 6.40. The number of nitrogens with one attached hydrogen (secondary N) is 1. The number of halogens is 3. The largest absolute Gasteiger partial charge is 0.454 e. The Hall–Kier alpha value is -1.95. The first-order chi connectivity index (χ1) is 11.9. The number of anilines is 1. The molecule has 0 unspecified atom stereocenters. The van der Waals surface area contributed by atoms with E-state index in [1.54, 1.807) is 35.0 Å². The SMILES string of the molecule is Cc1nn(Cc2ccc(C(=O)Nc3c(Cl)cccc3Cl)o2)c(C)c1Cl. The Bertz CT molecular complexity index is 927. The molecule has 0 spiro atoms. The molecule has 1 aromatic carbocycles. The Morgan fingerprint density at radius 2 is 1.84 bits per heavy atom. The highest BCUT2D eigenvalue weighted by atomic mass is 35.5. The number of carbonyl (C=O) groups excluding carboxylic acids is 1. The first-order valence-corrected chi connectivity index (χ1v) is 8.53. The van der Waals surface area contributed by atoms with E-state index in [1.165, 1.54) is 0 Å². The number of rotatable bonds is 4. The molecule has 2 aromatic heterocycles. The van der Waals surface area contributed by atoms with Gasteiger partial charge in [-0.3, -0.25) is 9.48 Å². The van der Waals surface area contributed by atoms with Crippen molar-refractivity contribution in [3.63, 3.8) is 0 Å². The van der Waals surface area contributed by atoms with Gasteiger partial charge in [0.15, 0.2) is 5.76 Å². The molecule has 8 heteroatoms. The normalized spacial score (nSPS) is 10.9. The number of hydrogen-bond acceptors (Lipinski definition) is 3. The van der Waals surface area contributed by atoms with E-state index in [1.807, 2.05) is 13.8 Å². The Morgan fingerprint density at radius 3 is 2.44 bits per heavy atom. The van der Waals surface area contributed by atoms with E-state index in [-0.39, 0.29) is 5.76 Å². The van der Waals surface area contributed by atoms with Crippen LogP contribution < -0.4 is 5.32 Å². The van der Waals surface area contributed by atoms with Crippen molar-refractivity contribution in [1.29, 1.82) is 0 Å². The second-order valence-electron chi connectivity index (χ2n) is 5.46. The lowest BCUT2D eigenvalue weighted by Gasteiger charge is -2.07. The number of carbonyl (C=O) groups is 1. The number of hydrogen-bond donors (Lipinski definition) is 1. The summed E-state index contributed by atoms with van der Waals surface area (Å²) < 4.78 is 7.33. The number of para-hydroxylation sites is 1. The van der Waals surface area contributed by atoms with Crippen LogP contribution in [0.25, 0.3) is 0 Å². The fourth-order valence-corrected chi connectivity index (χ4v) is 2.98. The minimum atomic E-state index is -0.437. The molecule has 0 aliphatic rings. The zero-order chi connectivity index (χ0) is 18.1. The summed E-state index contributed by atoms with van der Waals surface area (Å²) in [5, 5.41) is 8.32. The number of benzene rings is 1. The predicted octanol–water partition coefficient (Wildman–Crippen LogP) is 5.35. The molecule has 3 aromatic rings. The summed E-state index contributed by atoms with van der Waals surface area (Å²) in [5.41, 5.74) is 1.93. The van der Waals surface area contributed by atoms with Gasteiger partial charge in [-0.25, -0.2) is 0 Å². The Balaban J connectivity index is 1.77. The number of amides is 1. The monoisotopic (exact) mass is 397 g/mol. The molecule has 0 bridgehead atoms. The predicted molar refractivity (Wildman–Crippen MR) is 98.9 cm³/mol. The van der Waals surface area contributed by atoms with Crippen LogP contribution in [0, 0.1) is 13.8 Å². The topological polar surface area (TPSA) is 60.1 Å². The summed E-state index contributed by atoms with van der Waals surface area (Å²) in [6.07, 6.45) is 0. The second-order valence-corrected chi connectivity index (χ2v) is 6.65. The first kappa shape index (κ1) is 17.9. The van der Waals surface area contributed by atoms with E-state index >= 15 is 0 Å². The Kier molecular flexibility index (Phi) is 5.08. The van der Waals surface area contributed by atoms with E-state index in [4.69, 9.17) is 39.2 Å². The highest BCUT2D eigenvalue weighted by Gasteiger charge is 2.16. The van der Waals surface area contributed by atoms with E-state index in [9.17, 15) is 4.79 Å². The second kappa shape index (κ2) is 7.12. The van der Waals surface area contributed by atoms with Gasteiger partial charge in [0.2, 0.25) is 0 Å². The molecule has 1 N–H and O–H groups in total. The van der Waals surface area contributed by atoms with Crippen molar-refractivity contribution in [2.45, 2.75) is 20.4 Å². The van der Waals surface area contributed by atoms with Gasteiger partial charge in [0.05, 0.1) is 38.7 Å². The average molecular weight is 399 g/mol. The van der Waals surface area contributed by atoms with Crippen LogP contribution in [-0.4, -0.2) is 15.7 Å². The summed E-state index contributed by atoms with van der Waals surface area (Å²) >= 11 is 18.2. The molecule has 1 amide bonds. The number of furan rings is 1. The lowest BCUT2D eigenvalue weighted by molar-refractivity contribution is 0.0994. The number of aryl methyl sites for hydroxylation is 1. The first-order valence-electron chi connectivity index (χ1n) is 7.40. The molecule has 25 heavy (non-hydrogen) atoms. The molecule has 2 heterocycles. The quantitative estimate of drug-likeness (QED) is 0.644. The number of aromatic nitrogens is 2.